The summed E-state index contributed by atoms with van der Waals surface area (Å²) in [5.74, 6) is -0.760. The van der Waals surface area contributed by atoms with Crippen LogP contribution in [-0.4, -0.2) is 141 Å². The average Bonchev–Trinajstić information content (AvgIpc) is 3.09. The van der Waals surface area contributed by atoms with Crippen molar-refractivity contribution in [3.63, 3.8) is 0 Å². The van der Waals surface area contributed by atoms with E-state index in [0.717, 1.165) is 0 Å². The van der Waals surface area contributed by atoms with E-state index in [9.17, 15) is 35.7 Å². The van der Waals surface area contributed by atoms with Gasteiger partial charge in [0.15, 0.2) is 12.6 Å². The highest BCUT2D eigenvalue weighted by molar-refractivity contribution is 5.07. The topological polar surface area (TPSA) is 255 Å². The predicted molar refractivity (Wildman–Crippen MR) is 126 cm³/mol. The van der Waals surface area contributed by atoms with E-state index in [1.165, 1.54) is 14.0 Å². The van der Waals surface area contributed by atoms with Crippen molar-refractivity contribution in [2.45, 2.75) is 99.0 Å². The maximum atomic E-state index is 11.3. The zero-order valence-electron chi connectivity index (χ0n) is 21.1. The maximum absolute atomic E-state index is 11.3. The highest BCUT2D eigenvalue weighted by Gasteiger charge is 2.59. The zero-order chi connectivity index (χ0) is 27.8. The van der Waals surface area contributed by atoms with Crippen LogP contribution in [0, 0.1) is 5.92 Å². The van der Waals surface area contributed by atoms with Crippen molar-refractivity contribution in [3.05, 3.63) is 12.4 Å². The van der Waals surface area contributed by atoms with E-state index in [0.29, 0.717) is 0 Å². The van der Waals surface area contributed by atoms with E-state index in [-0.39, 0.29) is 12.4 Å². The van der Waals surface area contributed by atoms with Crippen molar-refractivity contribution in [1.29, 1.82) is 0 Å². The summed E-state index contributed by atoms with van der Waals surface area (Å²) in [4.78, 5) is 0. The minimum absolute atomic E-state index is 0.00338. The number of hydrogen-bond donors (Lipinski definition) is 11. The van der Waals surface area contributed by atoms with Gasteiger partial charge in [-0.1, -0.05) is 13.5 Å². The summed E-state index contributed by atoms with van der Waals surface area (Å²) in [6.07, 6.45) is -14.3. The van der Waals surface area contributed by atoms with Gasteiger partial charge in [-0.25, -0.2) is 0 Å². The van der Waals surface area contributed by atoms with Crippen LogP contribution in [0.15, 0.2) is 12.4 Å². The normalized spacial score (nSPS) is 50.7. The molecule has 0 amide bonds. The van der Waals surface area contributed by atoms with Gasteiger partial charge in [0.2, 0.25) is 0 Å². The largest absolute Gasteiger partial charge is 0.394 e. The van der Waals surface area contributed by atoms with E-state index >= 15 is 0 Å². The fourth-order valence-electron chi connectivity index (χ4n) is 5.26. The Morgan fingerprint density at radius 1 is 0.946 bits per heavy atom. The molecule has 216 valence electrons. The molecule has 0 spiro atoms. The molecule has 1 aliphatic carbocycles. The second kappa shape index (κ2) is 11.9. The lowest BCUT2D eigenvalue weighted by Gasteiger charge is -2.47. The van der Waals surface area contributed by atoms with Crippen LogP contribution in [0.4, 0.5) is 0 Å². The van der Waals surface area contributed by atoms with E-state index in [1.807, 2.05) is 0 Å². The molecule has 2 heterocycles. The molecule has 2 saturated heterocycles. The predicted octanol–water partition coefficient (Wildman–Crippen LogP) is -5.66. The minimum Gasteiger partial charge on any atom is -0.394 e. The van der Waals surface area contributed by atoms with E-state index in [1.54, 1.807) is 6.92 Å². The number of likely N-dealkylation sites (N-methyl/N-ethyl adjacent to an activating group) is 1. The summed E-state index contributed by atoms with van der Waals surface area (Å²) < 4.78 is 23.5. The molecule has 15 heteroatoms. The van der Waals surface area contributed by atoms with Gasteiger partial charge in [-0.3, -0.25) is 0 Å². The van der Waals surface area contributed by atoms with Crippen molar-refractivity contribution in [3.8, 4) is 0 Å². The molecule has 14 unspecified atom stereocenters. The van der Waals surface area contributed by atoms with Gasteiger partial charge in [0.1, 0.15) is 42.2 Å². The number of hydrogen-bond acceptors (Lipinski definition) is 15. The summed E-state index contributed by atoms with van der Waals surface area (Å²) >= 11 is 0. The SMILES string of the molecule is C=C(N)NC1C(O)C(C)C(OC2OC(C)C(O)(CN)[C@@H]2OC2OC(CO)C(O)C(O)C2NC)C(O)C1O. The van der Waals surface area contributed by atoms with Crippen LogP contribution in [0.5, 0.6) is 0 Å². The lowest BCUT2D eigenvalue weighted by molar-refractivity contribution is -0.318. The second-order valence-electron chi connectivity index (χ2n) is 10.0. The molecule has 15 atom stereocenters. The minimum atomic E-state index is -1.82. The van der Waals surface area contributed by atoms with Gasteiger partial charge in [-0.15, -0.1) is 0 Å². The number of ether oxygens (including phenoxy) is 4. The Kier molecular flexibility index (Phi) is 9.78. The molecular formula is C22H42N4O11. The Morgan fingerprint density at radius 2 is 1.57 bits per heavy atom. The van der Waals surface area contributed by atoms with E-state index < -0.39 is 97.7 Å². The van der Waals surface area contributed by atoms with Crippen LogP contribution in [0.1, 0.15) is 13.8 Å². The Labute approximate surface area is 214 Å². The zero-order valence-corrected chi connectivity index (χ0v) is 21.1. The summed E-state index contributed by atoms with van der Waals surface area (Å²) in [5, 5.41) is 79.3. The van der Waals surface area contributed by atoms with E-state index in [2.05, 4.69) is 17.2 Å². The van der Waals surface area contributed by atoms with Crippen molar-refractivity contribution >= 4 is 0 Å². The Bertz CT molecular complexity index is 767. The highest BCUT2D eigenvalue weighted by atomic mass is 16.8. The molecule has 37 heavy (non-hydrogen) atoms. The summed E-state index contributed by atoms with van der Waals surface area (Å²) in [5.41, 5.74) is 9.61. The Balaban J connectivity index is 1.86. The molecule has 0 aromatic carbocycles. The molecular weight excluding hydrogens is 496 g/mol. The molecule has 0 radical (unpaired) electrons. The lowest BCUT2D eigenvalue weighted by atomic mass is 9.78. The first-order chi connectivity index (χ1) is 17.3. The Morgan fingerprint density at radius 3 is 2.11 bits per heavy atom. The first-order valence-corrected chi connectivity index (χ1v) is 12.3. The third kappa shape index (κ3) is 5.60. The van der Waals surface area contributed by atoms with Crippen molar-refractivity contribution < 1.29 is 54.7 Å². The van der Waals surface area contributed by atoms with Gasteiger partial charge in [-0.2, -0.15) is 0 Å². The smallest absolute Gasteiger partial charge is 0.187 e. The van der Waals surface area contributed by atoms with Crippen LogP contribution in [-0.2, 0) is 18.9 Å². The molecule has 2 aliphatic heterocycles. The summed E-state index contributed by atoms with van der Waals surface area (Å²) in [7, 11) is 1.50. The molecule has 3 fully saturated rings. The van der Waals surface area contributed by atoms with E-state index in [4.69, 9.17) is 30.4 Å². The van der Waals surface area contributed by atoms with Gasteiger partial charge < -0.3 is 76.8 Å². The number of nitrogens with two attached hydrogens (primary N) is 2. The highest BCUT2D eigenvalue weighted by Crippen LogP contribution is 2.39. The molecule has 0 aromatic heterocycles. The van der Waals surface area contributed by atoms with Crippen molar-refractivity contribution in [2.24, 2.45) is 17.4 Å². The molecule has 1 saturated carbocycles. The quantitative estimate of drug-likeness (QED) is 0.131. The molecule has 0 bridgehead atoms. The van der Waals surface area contributed by atoms with Gasteiger partial charge >= 0.3 is 0 Å². The monoisotopic (exact) mass is 538 g/mol. The van der Waals surface area contributed by atoms with Gasteiger partial charge in [0, 0.05) is 12.5 Å². The molecule has 15 nitrogen and oxygen atoms in total. The fourth-order valence-corrected chi connectivity index (χ4v) is 5.26. The molecule has 0 aromatic rings. The van der Waals surface area contributed by atoms with Crippen LogP contribution in [0.2, 0.25) is 0 Å². The first-order valence-electron chi connectivity index (χ1n) is 12.3. The van der Waals surface area contributed by atoms with Crippen LogP contribution >= 0.6 is 0 Å². The number of aliphatic hydroxyl groups excluding tert-OH is 6. The molecule has 3 rings (SSSR count). The third-order valence-electron chi connectivity index (χ3n) is 7.73. The standard InChI is InChI=1S/C22H42N4O11/c1-7-13(28)11(26-9(3)24)15(30)17(32)18(7)36-21-19(22(33,6-23)8(2)34-21)37-20-12(25-4)16(31)14(29)10(5-27)35-20/h7-8,10-21,25-33H,3,5-6,23-24H2,1-2,4H3/t7?,8?,10?,11?,12?,13?,14?,15?,16?,17?,18?,19-,20?,21?,22?/m1/s1. The molecule has 3 aliphatic rings. The fraction of sp³-hybridized carbons (Fsp3) is 0.909. The number of nitrogens with one attached hydrogen (secondary N) is 2. The summed E-state index contributed by atoms with van der Waals surface area (Å²) in [6, 6.07) is -2.00. The first kappa shape index (κ1) is 30.4. The van der Waals surface area contributed by atoms with Gasteiger partial charge in [0.25, 0.3) is 0 Å². The summed E-state index contributed by atoms with van der Waals surface area (Å²) in [6.45, 7) is 5.68. The van der Waals surface area contributed by atoms with Gasteiger partial charge in [-0.05, 0) is 14.0 Å². The molecule has 13 N–H and O–H groups in total. The average molecular weight is 539 g/mol. The van der Waals surface area contributed by atoms with Crippen LogP contribution in [0.25, 0.3) is 0 Å². The number of aliphatic hydroxyl groups is 7. The van der Waals surface area contributed by atoms with Crippen molar-refractivity contribution in [2.75, 3.05) is 20.2 Å². The van der Waals surface area contributed by atoms with Crippen molar-refractivity contribution in [1.82, 2.24) is 10.6 Å². The second-order valence-corrected chi connectivity index (χ2v) is 10.0. The van der Waals surface area contributed by atoms with Crippen LogP contribution in [0.3, 0.4) is 0 Å². The third-order valence-corrected chi connectivity index (χ3v) is 7.73. The maximum Gasteiger partial charge on any atom is 0.187 e. The van der Waals surface area contributed by atoms with Gasteiger partial charge in [0.05, 0.1) is 42.8 Å². The lowest BCUT2D eigenvalue weighted by Crippen LogP contribution is -2.67. The Hall–Kier alpha value is -1.18. The van der Waals surface area contributed by atoms with Crippen LogP contribution < -0.4 is 22.1 Å². The number of rotatable bonds is 9.